The number of anilines is 1. The summed E-state index contributed by atoms with van der Waals surface area (Å²) in [5.41, 5.74) is 4.93. The van der Waals surface area contributed by atoms with E-state index in [2.05, 4.69) is 27.1 Å². The Kier molecular flexibility index (Phi) is 7.34. The van der Waals surface area contributed by atoms with Gasteiger partial charge in [0.1, 0.15) is 0 Å². The zero-order chi connectivity index (χ0) is 24.1. The lowest BCUT2D eigenvalue weighted by Gasteiger charge is -2.15. The third-order valence-electron chi connectivity index (χ3n) is 6.11. The molecule has 0 saturated carbocycles. The zero-order valence-electron chi connectivity index (χ0n) is 19.7. The van der Waals surface area contributed by atoms with Crippen LogP contribution in [0.2, 0.25) is 0 Å². The fourth-order valence-electron chi connectivity index (χ4n) is 4.16. The van der Waals surface area contributed by atoms with Gasteiger partial charge in [-0.05, 0) is 86.8 Å². The second kappa shape index (κ2) is 10.4. The van der Waals surface area contributed by atoms with Crippen LogP contribution in [0.15, 0.2) is 71.6 Å². The van der Waals surface area contributed by atoms with E-state index in [9.17, 15) is 13.2 Å². The Bertz CT molecular complexity index is 1260. The smallest absolute Gasteiger partial charge is 0.261 e. The van der Waals surface area contributed by atoms with Crippen molar-refractivity contribution in [2.24, 2.45) is 0 Å². The first-order valence-electron chi connectivity index (χ1n) is 11.6. The standard InChI is InChI=1S/C27H31N3O3S/c1-20-8-11-25(12-9-20)34(32,33)29-26-13-10-24(16-21(26)2)27(31)28-18-22-6-5-7-23(17-22)19-30-14-3-4-15-30/h5-13,16-17,29H,3-4,14-15,18-19H2,1-2H3,(H,28,31). The summed E-state index contributed by atoms with van der Waals surface area (Å²) in [6, 6.07) is 20.0. The molecular formula is C27H31N3O3S. The maximum atomic E-state index is 12.7. The van der Waals surface area contributed by atoms with E-state index in [0.29, 0.717) is 23.4 Å². The number of carbonyl (C=O) groups is 1. The Morgan fingerprint density at radius 3 is 2.32 bits per heavy atom. The van der Waals surface area contributed by atoms with Crippen LogP contribution in [0.1, 0.15) is 45.5 Å². The van der Waals surface area contributed by atoms with Gasteiger partial charge in [0, 0.05) is 18.7 Å². The second-order valence-corrected chi connectivity index (χ2v) is 10.6. The highest BCUT2D eigenvalue weighted by molar-refractivity contribution is 7.92. The Morgan fingerprint density at radius 2 is 1.62 bits per heavy atom. The molecule has 0 bridgehead atoms. The predicted molar refractivity (Wildman–Crippen MR) is 135 cm³/mol. The highest BCUT2D eigenvalue weighted by Gasteiger charge is 2.16. The number of rotatable bonds is 8. The average Bonchev–Trinajstić information content (AvgIpc) is 3.32. The van der Waals surface area contributed by atoms with Crippen LogP contribution in [0.25, 0.3) is 0 Å². The van der Waals surface area contributed by atoms with Crippen LogP contribution in [-0.4, -0.2) is 32.3 Å². The molecule has 0 radical (unpaired) electrons. The summed E-state index contributed by atoms with van der Waals surface area (Å²) in [6.45, 7) is 7.37. The van der Waals surface area contributed by atoms with Crippen molar-refractivity contribution in [1.29, 1.82) is 0 Å². The van der Waals surface area contributed by atoms with Gasteiger partial charge in [-0.1, -0.05) is 42.0 Å². The monoisotopic (exact) mass is 477 g/mol. The summed E-state index contributed by atoms with van der Waals surface area (Å²) in [5, 5.41) is 2.97. The van der Waals surface area contributed by atoms with Crippen molar-refractivity contribution in [1.82, 2.24) is 10.2 Å². The third-order valence-corrected chi connectivity index (χ3v) is 7.49. The molecule has 0 atom stereocenters. The minimum Gasteiger partial charge on any atom is -0.348 e. The van der Waals surface area contributed by atoms with Crippen molar-refractivity contribution < 1.29 is 13.2 Å². The fraction of sp³-hybridized carbons (Fsp3) is 0.296. The van der Waals surface area contributed by atoms with Crippen LogP contribution in [0.4, 0.5) is 5.69 Å². The Hall–Kier alpha value is -3.16. The summed E-state index contributed by atoms with van der Waals surface area (Å²) < 4.78 is 28.0. The van der Waals surface area contributed by atoms with E-state index in [1.54, 1.807) is 49.4 Å². The number of sulfonamides is 1. The van der Waals surface area contributed by atoms with Crippen molar-refractivity contribution in [2.75, 3.05) is 17.8 Å². The number of aryl methyl sites for hydroxylation is 2. The fourth-order valence-corrected chi connectivity index (χ4v) is 5.29. The highest BCUT2D eigenvalue weighted by Crippen LogP contribution is 2.21. The Labute approximate surface area is 202 Å². The van der Waals surface area contributed by atoms with Crippen molar-refractivity contribution in [3.63, 3.8) is 0 Å². The van der Waals surface area contributed by atoms with Gasteiger partial charge in [0.2, 0.25) is 0 Å². The number of hydrogen-bond acceptors (Lipinski definition) is 4. The molecule has 34 heavy (non-hydrogen) atoms. The minimum absolute atomic E-state index is 0.194. The zero-order valence-corrected chi connectivity index (χ0v) is 20.5. The molecule has 0 unspecified atom stereocenters. The number of benzene rings is 3. The van der Waals surface area contributed by atoms with Crippen LogP contribution >= 0.6 is 0 Å². The molecule has 2 N–H and O–H groups in total. The van der Waals surface area contributed by atoms with Crippen LogP contribution in [0.3, 0.4) is 0 Å². The van der Waals surface area contributed by atoms with E-state index in [1.807, 2.05) is 19.1 Å². The summed E-state index contributed by atoms with van der Waals surface area (Å²) >= 11 is 0. The first-order valence-corrected chi connectivity index (χ1v) is 13.1. The van der Waals surface area contributed by atoms with E-state index < -0.39 is 10.0 Å². The highest BCUT2D eigenvalue weighted by atomic mass is 32.2. The van der Waals surface area contributed by atoms with Crippen molar-refractivity contribution in [2.45, 2.75) is 44.7 Å². The second-order valence-electron chi connectivity index (χ2n) is 8.93. The van der Waals surface area contributed by atoms with Gasteiger partial charge >= 0.3 is 0 Å². The maximum absolute atomic E-state index is 12.7. The van der Waals surface area contributed by atoms with E-state index >= 15 is 0 Å². The Balaban J connectivity index is 1.38. The van der Waals surface area contributed by atoms with Gasteiger partial charge in [0.15, 0.2) is 0 Å². The molecule has 3 aromatic rings. The molecule has 0 aliphatic carbocycles. The molecular weight excluding hydrogens is 446 g/mol. The maximum Gasteiger partial charge on any atom is 0.261 e. The van der Waals surface area contributed by atoms with Crippen molar-refractivity contribution >= 4 is 21.6 Å². The van der Waals surface area contributed by atoms with Gasteiger partial charge in [0.25, 0.3) is 15.9 Å². The topological polar surface area (TPSA) is 78.5 Å². The molecule has 0 aromatic heterocycles. The van der Waals surface area contributed by atoms with Crippen LogP contribution < -0.4 is 10.0 Å². The SMILES string of the molecule is Cc1ccc(S(=O)(=O)Nc2ccc(C(=O)NCc3cccc(CN4CCCC4)c3)cc2C)cc1. The van der Waals surface area contributed by atoms with E-state index in [1.165, 1.54) is 18.4 Å². The van der Waals surface area contributed by atoms with Crippen LogP contribution in [0.5, 0.6) is 0 Å². The van der Waals surface area contributed by atoms with Crippen LogP contribution in [0, 0.1) is 13.8 Å². The quantitative estimate of drug-likeness (QED) is 0.496. The van der Waals surface area contributed by atoms with Crippen LogP contribution in [-0.2, 0) is 23.1 Å². The lowest BCUT2D eigenvalue weighted by atomic mass is 10.1. The summed E-state index contributed by atoms with van der Waals surface area (Å²) in [4.78, 5) is 15.4. The largest absolute Gasteiger partial charge is 0.348 e. The third kappa shape index (κ3) is 6.04. The normalized spacial score (nSPS) is 14.2. The summed E-state index contributed by atoms with van der Waals surface area (Å²) in [7, 11) is -3.70. The molecule has 1 fully saturated rings. The van der Waals surface area contributed by atoms with Gasteiger partial charge in [-0.2, -0.15) is 0 Å². The molecule has 1 aliphatic heterocycles. The molecule has 6 nitrogen and oxygen atoms in total. The number of likely N-dealkylation sites (tertiary alicyclic amines) is 1. The molecule has 3 aromatic carbocycles. The summed E-state index contributed by atoms with van der Waals surface area (Å²) in [6.07, 6.45) is 2.53. The van der Waals surface area contributed by atoms with E-state index in [0.717, 1.165) is 30.8 Å². The number of carbonyl (C=O) groups excluding carboxylic acids is 1. The minimum atomic E-state index is -3.70. The molecule has 178 valence electrons. The van der Waals surface area contributed by atoms with Gasteiger partial charge in [0.05, 0.1) is 10.6 Å². The first-order chi connectivity index (χ1) is 16.3. The van der Waals surface area contributed by atoms with E-state index in [4.69, 9.17) is 0 Å². The molecule has 1 amide bonds. The Morgan fingerprint density at radius 1 is 0.912 bits per heavy atom. The van der Waals surface area contributed by atoms with Gasteiger partial charge in [-0.15, -0.1) is 0 Å². The van der Waals surface area contributed by atoms with Crippen molar-refractivity contribution in [3.8, 4) is 0 Å². The molecule has 0 spiro atoms. The van der Waals surface area contributed by atoms with Gasteiger partial charge in [-0.3, -0.25) is 14.4 Å². The molecule has 7 heteroatoms. The van der Waals surface area contributed by atoms with Crippen molar-refractivity contribution in [3.05, 3.63) is 94.5 Å². The lowest BCUT2D eigenvalue weighted by molar-refractivity contribution is 0.0951. The number of nitrogens with zero attached hydrogens (tertiary/aromatic N) is 1. The number of hydrogen-bond donors (Lipinski definition) is 2. The van der Waals surface area contributed by atoms with Gasteiger partial charge in [-0.25, -0.2) is 8.42 Å². The lowest BCUT2D eigenvalue weighted by Crippen LogP contribution is -2.23. The van der Waals surface area contributed by atoms with Gasteiger partial charge < -0.3 is 5.32 Å². The number of amides is 1. The molecule has 4 rings (SSSR count). The molecule has 1 aliphatic rings. The number of nitrogens with one attached hydrogen (secondary N) is 2. The first kappa shape index (κ1) is 24.0. The average molecular weight is 478 g/mol. The molecule has 1 saturated heterocycles. The van der Waals surface area contributed by atoms with E-state index in [-0.39, 0.29) is 10.8 Å². The molecule has 1 heterocycles. The summed E-state index contributed by atoms with van der Waals surface area (Å²) in [5.74, 6) is -0.194. The predicted octanol–water partition coefficient (Wildman–Crippen LogP) is 4.63.